The lowest BCUT2D eigenvalue weighted by atomic mass is 10.1. The van der Waals surface area contributed by atoms with Crippen molar-refractivity contribution in [3.63, 3.8) is 0 Å². The summed E-state index contributed by atoms with van der Waals surface area (Å²) in [4.78, 5) is 20.7. The van der Waals surface area contributed by atoms with E-state index in [-0.39, 0.29) is 16.3 Å². The Morgan fingerprint density at radius 1 is 1.09 bits per heavy atom. The van der Waals surface area contributed by atoms with Gasteiger partial charge in [0.05, 0.1) is 15.9 Å². The first kappa shape index (κ1) is 23.6. The fourth-order valence-corrected chi connectivity index (χ4v) is 4.89. The van der Waals surface area contributed by atoms with E-state index in [4.69, 9.17) is 0 Å². The molecular weight excluding hydrogens is 455 g/mol. The number of aryl methyl sites for hydroxylation is 1. The molecule has 34 heavy (non-hydrogen) atoms. The molecule has 0 radical (unpaired) electrons. The molecule has 7 nitrogen and oxygen atoms in total. The zero-order valence-electron chi connectivity index (χ0n) is 19.3. The van der Waals surface area contributed by atoms with E-state index in [0.29, 0.717) is 45.7 Å². The number of imidazole rings is 1. The van der Waals surface area contributed by atoms with Crippen molar-refractivity contribution in [2.45, 2.75) is 25.2 Å². The molecule has 1 aromatic heterocycles. The van der Waals surface area contributed by atoms with Crippen LogP contribution in [0.15, 0.2) is 59.5 Å². The first-order chi connectivity index (χ1) is 16.1. The molecular formula is C25H25FN4O3S. The van der Waals surface area contributed by atoms with Crippen LogP contribution >= 0.6 is 0 Å². The molecule has 3 aromatic carbocycles. The number of halogens is 1. The number of fused-ring (bicyclic) bond motifs is 1. The fourth-order valence-electron chi connectivity index (χ4n) is 3.67. The minimum atomic E-state index is -3.70. The van der Waals surface area contributed by atoms with Crippen molar-refractivity contribution in [3.05, 3.63) is 88.5 Å². The number of rotatable bonds is 6. The lowest BCUT2D eigenvalue weighted by molar-refractivity contribution is 0.102. The highest BCUT2D eigenvalue weighted by Gasteiger charge is 2.23. The predicted octanol–water partition coefficient (Wildman–Crippen LogP) is 4.41. The van der Waals surface area contributed by atoms with Crippen LogP contribution in [0.25, 0.3) is 11.0 Å². The highest BCUT2D eigenvalue weighted by Crippen LogP contribution is 2.25. The number of carbonyl (C=O) groups excluding carboxylic acids is 1. The topological polar surface area (TPSA) is 95.2 Å². The van der Waals surface area contributed by atoms with Gasteiger partial charge in [-0.05, 0) is 66.9 Å². The summed E-state index contributed by atoms with van der Waals surface area (Å²) in [5.74, 6) is -0.111. The van der Waals surface area contributed by atoms with E-state index < -0.39 is 15.9 Å². The van der Waals surface area contributed by atoms with Gasteiger partial charge in [0, 0.05) is 31.8 Å². The summed E-state index contributed by atoms with van der Waals surface area (Å²) in [5.41, 5.74) is 3.99. The molecule has 0 aliphatic rings. The van der Waals surface area contributed by atoms with Crippen molar-refractivity contribution in [2.75, 3.05) is 19.4 Å². The summed E-state index contributed by atoms with van der Waals surface area (Å²) in [6.07, 6.45) is 0.314. The van der Waals surface area contributed by atoms with Gasteiger partial charge in [-0.15, -0.1) is 0 Å². The van der Waals surface area contributed by atoms with E-state index in [0.717, 1.165) is 4.31 Å². The molecule has 0 aliphatic carbocycles. The second kappa shape index (κ2) is 9.00. The monoisotopic (exact) mass is 480 g/mol. The number of nitrogens with zero attached hydrogens (tertiary/aromatic N) is 2. The van der Waals surface area contributed by atoms with Gasteiger partial charge in [0.25, 0.3) is 5.91 Å². The summed E-state index contributed by atoms with van der Waals surface area (Å²) >= 11 is 0. The molecule has 0 aliphatic heterocycles. The highest BCUT2D eigenvalue weighted by molar-refractivity contribution is 7.89. The van der Waals surface area contributed by atoms with Gasteiger partial charge < -0.3 is 10.3 Å². The van der Waals surface area contributed by atoms with Gasteiger partial charge in [0.2, 0.25) is 10.0 Å². The molecule has 176 valence electrons. The number of aromatic nitrogens is 2. The summed E-state index contributed by atoms with van der Waals surface area (Å²) in [7, 11) is -0.790. The molecule has 4 aromatic rings. The van der Waals surface area contributed by atoms with Gasteiger partial charge in [-0.2, -0.15) is 0 Å². The third-order valence-electron chi connectivity index (χ3n) is 5.75. The summed E-state index contributed by atoms with van der Waals surface area (Å²) < 4.78 is 40.5. The lowest BCUT2D eigenvalue weighted by Gasteiger charge is -2.16. The van der Waals surface area contributed by atoms with E-state index in [9.17, 15) is 17.6 Å². The van der Waals surface area contributed by atoms with E-state index in [2.05, 4.69) is 15.3 Å². The van der Waals surface area contributed by atoms with Crippen LogP contribution < -0.4 is 5.32 Å². The van der Waals surface area contributed by atoms with Crippen LogP contribution in [0.3, 0.4) is 0 Å². The molecule has 0 bridgehead atoms. The molecule has 0 saturated carbocycles. The average Bonchev–Trinajstić information content (AvgIpc) is 3.18. The Kier molecular flexibility index (Phi) is 6.24. The fraction of sp³-hybridized carbons (Fsp3) is 0.200. The Hall–Kier alpha value is -3.56. The van der Waals surface area contributed by atoms with Crippen LogP contribution in [-0.4, -0.2) is 42.7 Å². The maximum atomic E-state index is 14.0. The second-order valence-corrected chi connectivity index (χ2v) is 10.5. The molecule has 1 amide bonds. The quantitative estimate of drug-likeness (QED) is 0.427. The van der Waals surface area contributed by atoms with Crippen LogP contribution in [-0.2, 0) is 16.4 Å². The molecule has 0 atom stereocenters. The number of hydrogen-bond acceptors (Lipinski definition) is 4. The number of carbonyl (C=O) groups is 1. The van der Waals surface area contributed by atoms with E-state index in [1.54, 1.807) is 56.3 Å². The van der Waals surface area contributed by atoms with Gasteiger partial charge in [0.1, 0.15) is 11.6 Å². The van der Waals surface area contributed by atoms with Gasteiger partial charge in [-0.25, -0.2) is 22.1 Å². The van der Waals surface area contributed by atoms with Gasteiger partial charge >= 0.3 is 0 Å². The number of sulfonamides is 1. The van der Waals surface area contributed by atoms with Crippen LogP contribution in [0.2, 0.25) is 0 Å². The zero-order chi connectivity index (χ0) is 24.6. The normalized spacial score (nSPS) is 11.8. The third-order valence-corrected chi connectivity index (χ3v) is 7.69. The van der Waals surface area contributed by atoms with Crippen molar-refractivity contribution in [3.8, 4) is 0 Å². The van der Waals surface area contributed by atoms with E-state index in [1.807, 2.05) is 0 Å². The highest BCUT2D eigenvalue weighted by atomic mass is 32.2. The number of aromatic amines is 1. The maximum Gasteiger partial charge on any atom is 0.255 e. The van der Waals surface area contributed by atoms with Crippen molar-refractivity contribution < 1.29 is 17.6 Å². The van der Waals surface area contributed by atoms with Gasteiger partial charge in [0.15, 0.2) is 0 Å². The molecule has 4 rings (SSSR count). The molecule has 0 fully saturated rings. The van der Waals surface area contributed by atoms with Crippen molar-refractivity contribution in [2.24, 2.45) is 0 Å². The van der Waals surface area contributed by atoms with Crippen molar-refractivity contribution in [1.82, 2.24) is 14.3 Å². The molecule has 9 heteroatoms. The first-order valence-electron chi connectivity index (χ1n) is 10.6. The minimum absolute atomic E-state index is 0.101. The number of nitrogens with one attached hydrogen (secondary N) is 2. The summed E-state index contributed by atoms with van der Waals surface area (Å²) in [6.45, 7) is 3.49. The van der Waals surface area contributed by atoms with Gasteiger partial charge in [-0.3, -0.25) is 4.79 Å². The van der Waals surface area contributed by atoms with E-state index >= 15 is 0 Å². The summed E-state index contributed by atoms with van der Waals surface area (Å²) in [6, 6.07) is 14.8. The second-order valence-electron chi connectivity index (χ2n) is 8.34. The SMILES string of the molecule is Cc1cc(C(=O)Nc2ccc3nc(Cc4ccccc4F)[nH]c3c2)cc(S(=O)(=O)N(C)C)c1C. The molecule has 2 N–H and O–H groups in total. The number of H-pyrrole nitrogens is 1. The zero-order valence-corrected chi connectivity index (χ0v) is 20.1. The Labute approximate surface area is 197 Å². The largest absolute Gasteiger partial charge is 0.342 e. The average molecular weight is 481 g/mol. The molecule has 0 unspecified atom stereocenters. The van der Waals surface area contributed by atoms with E-state index in [1.165, 1.54) is 26.2 Å². The Morgan fingerprint density at radius 2 is 1.82 bits per heavy atom. The van der Waals surface area contributed by atoms with Crippen molar-refractivity contribution >= 4 is 32.7 Å². The number of amides is 1. The van der Waals surface area contributed by atoms with Crippen molar-refractivity contribution in [1.29, 1.82) is 0 Å². The smallest absolute Gasteiger partial charge is 0.255 e. The molecule has 1 heterocycles. The Bertz CT molecular complexity index is 1510. The molecule has 0 saturated heterocycles. The number of anilines is 1. The van der Waals surface area contributed by atoms with Crippen LogP contribution in [0, 0.1) is 19.7 Å². The van der Waals surface area contributed by atoms with Gasteiger partial charge in [-0.1, -0.05) is 18.2 Å². The Morgan fingerprint density at radius 3 is 2.53 bits per heavy atom. The molecule has 0 spiro atoms. The Balaban J connectivity index is 1.60. The number of benzene rings is 3. The standard InChI is InChI=1S/C25H25FN4O3S/c1-15-11-18(12-23(16(15)2)34(32,33)30(3)4)25(31)27-19-9-10-21-22(14-19)29-24(28-21)13-17-7-5-6-8-20(17)26/h5-12,14H,13H2,1-4H3,(H,27,31)(H,28,29). The van der Waals surface area contributed by atoms with Crippen LogP contribution in [0.1, 0.15) is 32.9 Å². The predicted molar refractivity (Wildman–Crippen MR) is 130 cm³/mol. The van der Waals surface area contributed by atoms with Crippen LogP contribution in [0.4, 0.5) is 10.1 Å². The van der Waals surface area contributed by atoms with Crippen LogP contribution in [0.5, 0.6) is 0 Å². The summed E-state index contributed by atoms with van der Waals surface area (Å²) in [5, 5.41) is 2.82. The lowest BCUT2D eigenvalue weighted by Crippen LogP contribution is -2.24. The maximum absolute atomic E-state index is 14.0. The minimum Gasteiger partial charge on any atom is -0.342 e. The first-order valence-corrected chi connectivity index (χ1v) is 12.1. The third kappa shape index (κ3) is 4.57. The number of hydrogen-bond donors (Lipinski definition) is 2.